The molecule has 1 unspecified atom stereocenters. The summed E-state index contributed by atoms with van der Waals surface area (Å²) in [5, 5.41) is 16.6. The number of likely N-dealkylation sites (tertiary alicyclic amines) is 1. The van der Waals surface area contributed by atoms with Gasteiger partial charge in [0.25, 0.3) is 5.91 Å². The summed E-state index contributed by atoms with van der Waals surface area (Å²) in [6.07, 6.45) is 1.78. The molecular formula is C17H29N3O3. The highest BCUT2D eigenvalue weighted by Crippen LogP contribution is 2.22. The Morgan fingerprint density at radius 2 is 2.13 bits per heavy atom. The maximum absolute atomic E-state index is 12.1. The van der Waals surface area contributed by atoms with Crippen molar-refractivity contribution in [3.63, 3.8) is 0 Å². The van der Waals surface area contributed by atoms with E-state index in [4.69, 9.17) is 4.52 Å². The Hall–Kier alpha value is -1.40. The molecule has 0 saturated carbocycles. The van der Waals surface area contributed by atoms with Gasteiger partial charge in [0.2, 0.25) is 0 Å². The minimum atomic E-state index is -0.568. The summed E-state index contributed by atoms with van der Waals surface area (Å²) in [5.74, 6) is 1.13. The minimum Gasteiger partial charge on any atom is -0.390 e. The average Bonchev–Trinajstić information content (AvgIpc) is 2.97. The number of hydrogen-bond donors (Lipinski definition) is 2. The van der Waals surface area contributed by atoms with Gasteiger partial charge in [-0.05, 0) is 31.8 Å². The van der Waals surface area contributed by atoms with Crippen LogP contribution >= 0.6 is 0 Å². The summed E-state index contributed by atoms with van der Waals surface area (Å²) in [6, 6.07) is 1.66. The van der Waals surface area contributed by atoms with E-state index >= 15 is 0 Å². The highest BCUT2D eigenvalue weighted by molar-refractivity contribution is 5.92. The molecule has 2 rings (SSSR count). The number of amides is 1. The molecule has 1 amide bonds. The molecule has 1 fully saturated rings. The predicted octanol–water partition coefficient (Wildman–Crippen LogP) is 1.79. The molecule has 130 valence electrons. The number of aliphatic hydroxyl groups is 1. The fraction of sp³-hybridized carbons (Fsp3) is 0.765. The summed E-state index contributed by atoms with van der Waals surface area (Å²) < 4.78 is 5.21. The van der Waals surface area contributed by atoms with Gasteiger partial charge in [0.1, 0.15) is 5.76 Å². The normalized spacial score (nSPS) is 18.8. The van der Waals surface area contributed by atoms with Crippen LogP contribution in [0.25, 0.3) is 0 Å². The summed E-state index contributed by atoms with van der Waals surface area (Å²) >= 11 is 0. The van der Waals surface area contributed by atoms with E-state index in [1.807, 2.05) is 20.8 Å². The number of piperidine rings is 1. The molecule has 6 nitrogen and oxygen atoms in total. The van der Waals surface area contributed by atoms with Crippen molar-refractivity contribution in [2.75, 3.05) is 26.2 Å². The van der Waals surface area contributed by atoms with Crippen molar-refractivity contribution in [1.29, 1.82) is 0 Å². The third kappa shape index (κ3) is 5.32. The molecule has 0 aromatic carbocycles. The number of β-amino-alcohol motifs (C(OH)–C–C–N with tert-alkyl or cyclic N) is 1. The van der Waals surface area contributed by atoms with Gasteiger partial charge in [-0.15, -0.1) is 0 Å². The van der Waals surface area contributed by atoms with Gasteiger partial charge >= 0.3 is 0 Å². The first-order valence-corrected chi connectivity index (χ1v) is 8.41. The maximum atomic E-state index is 12.1. The summed E-state index contributed by atoms with van der Waals surface area (Å²) in [5.41, 5.74) is 0.0742. The maximum Gasteiger partial charge on any atom is 0.273 e. The lowest BCUT2D eigenvalue weighted by atomic mass is 9.93. The smallest absolute Gasteiger partial charge is 0.273 e. The molecule has 6 heteroatoms. The summed E-state index contributed by atoms with van der Waals surface area (Å²) in [6.45, 7) is 11.1. The molecule has 1 aliphatic rings. The molecule has 0 bridgehead atoms. The van der Waals surface area contributed by atoms with E-state index in [0.717, 1.165) is 19.0 Å². The molecular weight excluding hydrogens is 294 g/mol. The molecule has 2 heterocycles. The van der Waals surface area contributed by atoms with Crippen LogP contribution in [0.4, 0.5) is 0 Å². The van der Waals surface area contributed by atoms with Crippen molar-refractivity contribution >= 4 is 5.91 Å². The van der Waals surface area contributed by atoms with E-state index in [9.17, 15) is 9.90 Å². The van der Waals surface area contributed by atoms with E-state index in [1.165, 1.54) is 12.8 Å². The van der Waals surface area contributed by atoms with Gasteiger partial charge in [-0.2, -0.15) is 0 Å². The summed E-state index contributed by atoms with van der Waals surface area (Å²) in [7, 11) is 0. The third-order valence-corrected chi connectivity index (χ3v) is 4.33. The SMILES string of the molecule is CC1CCN(CC(O)CNC(=O)c2cc(C(C)(C)C)on2)CC1. The Balaban J connectivity index is 1.76. The van der Waals surface area contributed by atoms with Crippen LogP contribution in [0.2, 0.25) is 0 Å². The topological polar surface area (TPSA) is 78.6 Å². The van der Waals surface area contributed by atoms with Gasteiger partial charge in [0.15, 0.2) is 5.69 Å². The highest BCUT2D eigenvalue weighted by atomic mass is 16.5. The molecule has 1 aromatic heterocycles. The van der Waals surface area contributed by atoms with Gasteiger partial charge in [0, 0.05) is 24.6 Å². The molecule has 1 atom stereocenters. The molecule has 0 spiro atoms. The second-order valence-corrected chi connectivity index (χ2v) is 7.67. The number of carbonyl (C=O) groups is 1. The zero-order valence-corrected chi connectivity index (χ0v) is 14.6. The van der Waals surface area contributed by atoms with Crippen LogP contribution in [0.5, 0.6) is 0 Å². The van der Waals surface area contributed by atoms with E-state index in [2.05, 4.69) is 22.3 Å². The lowest BCUT2D eigenvalue weighted by molar-refractivity contribution is 0.0790. The Morgan fingerprint density at radius 3 is 2.70 bits per heavy atom. The van der Waals surface area contributed by atoms with Gasteiger partial charge in [0.05, 0.1) is 6.10 Å². The summed E-state index contributed by atoms with van der Waals surface area (Å²) in [4.78, 5) is 14.3. The van der Waals surface area contributed by atoms with Crippen LogP contribution in [0.15, 0.2) is 10.6 Å². The van der Waals surface area contributed by atoms with E-state index in [0.29, 0.717) is 12.3 Å². The number of nitrogens with one attached hydrogen (secondary N) is 1. The number of hydrogen-bond acceptors (Lipinski definition) is 5. The lowest BCUT2D eigenvalue weighted by Gasteiger charge is -2.31. The van der Waals surface area contributed by atoms with Crippen LogP contribution in [0, 0.1) is 5.92 Å². The molecule has 1 aliphatic heterocycles. The van der Waals surface area contributed by atoms with E-state index in [1.54, 1.807) is 6.07 Å². The fourth-order valence-electron chi connectivity index (χ4n) is 2.64. The largest absolute Gasteiger partial charge is 0.390 e. The Kier molecular flexibility index (Phi) is 5.81. The third-order valence-electron chi connectivity index (χ3n) is 4.33. The second-order valence-electron chi connectivity index (χ2n) is 7.67. The molecule has 1 saturated heterocycles. The van der Waals surface area contributed by atoms with E-state index in [-0.39, 0.29) is 23.6 Å². The minimum absolute atomic E-state index is 0.184. The van der Waals surface area contributed by atoms with Crippen molar-refractivity contribution in [3.05, 3.63) is 17.5 Å². The lowest BCUT2D eigenvalue weighted by Crippen LogP contribution is -2.43. The predicted molar refractivity (Wildman–Crippen MR) is 88.4 cm³/mol. The van der Waals surface area contributed by atoms with Crippen LogP contribution in [0.3, 0.4) is 0 Å². The fourth-order valence-corrected chi connectivity index (χ4v) is 2.64. The van der Waals surface area contributed by atoms with Crippen LogP contribution in [0.1, 0.15) is 56.8 Å². The van der Waals surface area contributed by atoms with Crippen molar-refractivity contribution in [3.8, 4) is 0 Å². The van der Waals surface area contributed by atoms with Crippen LogP contribution < -0.4 is 5.32 Å². The molecule has 0 radical (unpaired) electrons. The van der Waals surface area contributed by atoms with Crippen LogP contribution in [-0.2, 0) is 5.41 Å². The number of carbonyl (C=O) groups excluding carboxylic acids is 1. The number of rotatable bonds is 5. The van der Waals surface area contributed by atoms with Gasteiger partial charge in [-0.25, -0.2) is 0 Å². The average molecular weight is 323 g/mol. The van der Waals surface area contributed by atoms with Crippen molar-refractivity contribution < 1.29 is 14.4 Å². The van der Waals surface area contributed by atoms with Crippen molar-refractivity contribution in [2.45, 2.75) is 52.1 Å². The van der Waals surface area contributed by atoms with Crippen LogP contribution in [-0.4, -0.2) is 53.4 Å². The monoisotopic (exact) mass is 323 g/mol. The Morgan fingerprint density at radius 1 is 1.48 bits per heavy atom. The Bertz CT molecular complexity index is 513. The second kappa shape index (κ2) is 7.45. The zero-order valence-electron chi connectivity index (χ0n) is 14.6. The van der Waals surface area contributed by atoms with Crippen molar-refractivity contribution in [1.82, 2.24) is 15.4 Å². The standard InChI is InChI=1S/C17H29N3O3/c1-12-5-7-20(8-6-12)11-13(21)10-18-16(22)14-9-15(23-19-14)17(2,3)4/h9,12-13,21H,5-8,10-11H2,1-4H3,(H,18,22). The van der Waals surface area contributed by atoms with Gasteiger partial charge in [-0.3, -0.25) is 4.79 Å². The number of nitrogens with zero attached hydrogens (tertiary/aromatic N) is 2. The number of aromatic nitrogens is 1. The van der Waals surface area contributed by atoms with Gasteiger partial charge in [-0.1, -0.05) is 32.9 Å². The molecule has 1 aromatic rings. The molecule has 23 heavy (non-hydrogen) atoms. The number of aliphatic hydroxyl groups excluding tert-OH is 1. The van der Waals surface area contributed by atoms with E-state index < -0.39 is 6.10 Å². The highest BCUT2D eigenvalue weighted by Gasteiger charge is 2.23. The molecule has 2 N–H and O–H groups in total. The van der Waals surface area contributed by atoms with Gasteiger partial charge < -0.3 is 19.8 Å². The zero-order chi connectivity index (χ0) is 17.0. The van der Waals surface area contributed by atoms with Crippen molar-refractivity contribution in [2.24, 2.45) is 5.92 Å². The first kappa shape index (κ1) is 17.9. The molecule has 0 aliphatic carbocycles. The quantitative estimate of drug-likeness (QED) is 0.864. The first-order valence-electron chi connectivity index (χ1n) is 8.41. The first-order chi connectivity index (χ1) is 10.8. The Labute approximate surface area is 138 Å².